The summed E-state index contributed by atoms with van der Waals surface area (Å²) in [7, 11) is 4.78. The van der Waals surface area contributed by atoms with Crippen molar-refractivity contribution in [1.29, 1.82) is 0 Å². The van der Waals surface area contributed by atoms with E-state index in [1.807, 2.05) is 54.1 Å². The highest BCUT2D eigenvalue weighted by Gasteiger charge is 2.17. The third-order valence-corrected chi connectivity index (χ3v) is 6.44. The van der Waals surface area contributed by atoms with Crippen LogP contribution >= 0.6 is 23.1 Å². The van der Waals surface area contributed by atoms with E-state index in [4.69, 9.17) is 9.47 Å². The maximum absolute atomic E-state index is 12.6. The van der Waals surface area contributed by atoms with E-state index in [-0.39, 0.29) is 24.8 Å². The predicted molar refractivity (Wildman–Crippen MR) is 129 cm³/mol. The summed E-state index contributed by atoms with van der Waals surface area (Å²) in [5.74, 6) is 0.837. The lowest BCUT2D eigenvalue weighted by Gasteiger charge is -2.17. The van der Waals surface area contributed by atoms with Crippen LogP contribution in [0.1, 0.15) is 5.69 Å². The summed E-state index contributed by atoms with van der Waals surface area (Å²) >= 11 is 3.00. The molecule has 7 nitrogen and oxygen atoms in total. The van der Waals surface area contributed by atoms with E-state index in [0.717, 1.165) is 21.2 Å². The topological polar surface area (TPSA) is 80.8 Å². The van der Waals surface area contributed by atoms with Gasteiger partial charge in [0.05, 0.1) is 38.6 Å². The molecule has 0 aliphatic rings. The van der Waals surface area contributed by atoms with E-state index >= 15 is 0 Å². The Morgan fingerprint density at radius 2 is 1.88 bits per heavy atom. The minimum atomic E-state index is -0.244. The predicted octanol–water partition coefficient (Wildman–Crippen LogP) is 4.19. The zero-order valence-corrected chi connectivity index (χ0v) is 20.0. The molecule has 0 bridgehead atoms. The lowest BCUT2D eigenvalue weighted by Crippen LogP contribution is -2.35. The minimum absolute atomic E-state index is 0.0335. The molecule has 0 atom stereocenters. The largest absolute Gasteiger partial charge is 0.493 e. The van der Waals surface area contributed by atoms with E-state index in [0.29, 0.717) is 17.2 Å². The smallest absolute Gasteiger partial charge is 0.244 e. The summed E-state index contributed by atoms with van der Waals surface area (Å²) < 4.78 is 10.6. The quantitative estimate of drug-likeness (QED) is 0.472. The van der Waals surface area contributed by atoms with Gasteiger partial charge in [-0.3, -0.25) is 9.59 Å². The first-order valence-corrected chi connectivity index (χ1v) is 11.9. The van der Waals surface area contributed by atoms with Crippen LogP contribution in [-0.2, 0) is 16.0 Å². The number of anilines is 1. The Kier molecular flexibility index (Phi) is 8.13. The zero-order chi connectivity index (χ0) is 23.1. The van der Waals surface area contributed by atoms with Crippen LogP contribution in [0.15, 0.2) is 52.7 Å². The van der Waals surface area contributed by atoms with Crippen molar-refractivity contribution in [3.8, 4) is 22.1 Å². The number of hydrogen-bond donors (Lipinski definition) is 1. The molecule has 1 N–H and O–H groups in total. The van der Waals surface area contributed by atoms with Gasteiger partial charge in [0.1, 0.15) is 5.01 Å². The number of amides is 2. The Balaban J connectivity index is 1.60. The molecular weight excluding hydrogens is 446 g/mol. The van der Waals surface area contributed by atoms with Crippen LogP contribution < -0.4 is 14.8 Å². The molecule has 0 radical (unpaired) electrons. The second-order valence-electron chi connectivity index (χ2n) is 6.89. The van der Waals surface area contributed by atoms with Gasteiger partial charge in [-0.25, -0.2) is 4.98 Å². The van der Waals surface area contributed by atoms with E-state index in [9.17, 15) is 9.59 Å². The first-order chi connectivity index (χ1) is 15.4. The molecule has 168 valence electrons. The Labute approximate surface area is 195 Å². The lowest BCUT2D eigenvalue weighted by atomic mass is 10.2. The summed E-state index contributed by atoms with van der Waals surface area (Å²) in [6.45, 7) is -0.0335. The van der Waals surface area contributed by atoms with E-state index in [1.54, 1.807) is 33.0 Å². The third-order valence-electron chi connectivity index (χ3n) is 4.70. The van der Waals surface area contributed by atoms with Crippen molar-refractivity contribution >= 4 is 40.6 Å². The second kappa shape index (κ2) is 11.0. The number of methoxy groups -OCH3 is 2. The summed E-state index contributed by atoms with van der Waals surface area (Å²) in [4.78, 5) is 32.0. The number of para-hydroxylation sites is 1. The molecule has 0 fully saturated rings. The van der Waals surface area contributed by atoms with Crippen molar-refractivity contribution < 1.29 is 19.1 Å². The molecule has 0 saturated carbocycles. The number of benzene rings is 2. The van der Waals surface area contributed by atoms with Gasteiger partial charge in [-0.05, 0) is 36.6 Å². The number of nitrogens with zero attached hydrogens (tertiary/aromatic N) is 2. The molecule has 3 aromatic rings. The van der Waals surface area contributed by atoms with Gasteiger partial charge in [-0.1, -0.05) is 12.1 Å². The average Bonchev–Trinajstić information content (AvgIpc) is 3.27. The fraction of sp³-hybridized carbons (Fsp3) is 0.261. The van der Waals surface area contributed by atoms with Crippen molar-refractivity contribution in [1.82, 2.24) is 9.88 Å². The van der Waals surface area contributed by atoms with Crippen LogP contribution in [0.4, 0.5) is 5.69 Å². The van der Waals surface area contributed by atoms with Crippen LogP contribution in [-0.4, -0.2) is 55.8 Å². The highest BCUT2D eigenvalue weighted by molar-refractivity contribution is 7.98. The molecule has 1 heterocycles. The maximum Gasteiger partial charge on any atom is 0.244 e. The fourth-order valence-corrected chi connectivity index (χ4v) is 4.39. The molecule has 0 aliphatic heterocycles. The van der Waals surface area contributed by atoms with Crippen molar-refractivity contribution in [3.63, 3.8) is 0 Å². The van der Waals surface area contributed by atoms with Gasteiger partial charge in [0, 0.05) is 22.9 Å². The van der Waals surface area contributed by atoms with Crippen molar-refractivity contribution in [2.24, 2.45) is 0 Å². The fourth-order valence-electron chi connectivity index (χ4n) is 3.02. The number of thioether (sulfide) groups is 1. The molecule has 0 spiro atoms. The van der Waals surface area contributed by atoms with Crippen LogP contribution in [0.5, 0.6) is 11.5 Å². The first-order valence-electron chi connectivity index (χ1n) is 9.78. The van der Waals surface area contributed by atoms with E-state index in [2.05, 4.69) is 10.3 Å². The van der Waals surface area contributed by atoms with Crippen LogP contribution in [0.25, 0.3) is 10.6 Å². The lowest BCUT2D eigenvalue weighted by molar-refractivity contribution is -0.132. The summed E-state index contributed by atoms with van der Waals surface area (Å²) in [5.41, 5.74) is 2.28. The Morgan fingerprint density at radius 3 is 2.59 bits per heavy atom. The van der Waals surface area contributed by atoms with Crippen molar-refractivity contribution in [3.05, 3.63) is 53.5 Å². The number of carbonyl (C=O) groups excluding carboxylic acids is 2. The van der Waals surface area contributed by atoms with E-state index in [1.165, 1.54) is 16.2 Å². The van der Waals surface area contributed by atoms with Gasteiger partial charge in [-0.2, -0.15) is 0 Å². The number of hydrogen-bond acceptors (Lipinski definition) is 7. The monoisotopic (exact) mass is 471 g/mol. The standard InChI is InChI=1S/C23H25N3O4S2/c1-26(13-21(27)25-17-7-5-6-8-20(17)31-4)22(28)12-16-14-32-23(24-16)15-9-10-18(29-2)19(11-15)30-3/h5-11,14H,12-13H2,1-4H3,(H,25,27). The summed E-state index contributed by atoms with van der Waals surface area (Å²) in [6, 6.07) is 13.1. The van der Waals surface area contributed by atoms with Crippen LogP contribution in [0.3, 0.4) is 0 Å². The van der Waals surface area contributed by atoms with Gasteiger partial charge in [0.15, 0.2) is 11.5 Å². The summed E-state index contributed by atoms with van der Waals surface area (Å²) in [6.07, 6.45) is 2.07. The SMILES string of the molecule is COc1ccc(-c2nc(CC(=O)N(C)CC(=O)Nc3ccccc3SC)cs2)cc1OC. The second-order valence-corrected chi connectivity index (χ2v) is 8.59. The Hall–Kier alpha value is -3.04. The molecule has 9 heteroatoms. The Bertz CT molecular complexity index is 1100. The highest BCUT2D eigenvalue weighted by Crippen LogP contribution is 2.33. The summed E-state index contributed by atoms with van der Waals surface area (Å²) in [5, 5.41) is 5.50. The number of nitrogens with one attached hydrogen (secondary N) is 1. The number of ether oxygens (including phenoxy) is 2. The maximum atomic E-state index is 12.6. The molecule has 3 rings (SSSR count). The first kappa shape index (κ1) is 23.6. The van der Waals surface area contributed by atoms with Gasteiger partial charge in [-0.15, -0.1) is 23.1 Å². The molecule has 32 heavy (non-hydrogen) atoms. The van der Waals surface area contributed by atoms with Crippen LogP contribution in [0.2, 0.25) is 0 Å². The molecule has 2 aromatic carbocycles. The number of aromatic nitrogens is 1. The number of carbonyl (C=O) groups is 2. The van der Waals surface area contributed by atoms with Gasteiger partial charge >= 0.3 is 0 Å². The third kappa shape index (κ3) is 5.80. The van der Waals surface area contributed by atoms with Gasteiger partial charge in [0.2, 0.25) is 11.8 Å². The molecule has 0 aliphatic carbocycles. The molecule has 0 unspecified atom stereocenters. The molecule has 0 saturated heterocycles. The highest BCUT2D eigenvalue weighted by atomic mass is 32.2. The van der Waals surface area contributed by atoms with Crippen molar-refractivity contribution in [2.75, 3.05) is 39.4 Å². The average molecular weight is 472 g/mol. The molecular formula is C23H25N3O4S2. The van der Waals surface area contributed by atoms with Crippen molar-refractivity contribution in [2.45, 2.75) is 11.3 Å². The van der Waals surface area contributed by atoms with Crippen LogP contribution in [0, 0.1) is 0 Å². The number of thiazole rings is 1. The van der Waals surface area contributed by atoms with Gasteiger partial charge in [0.25, 0.3) is 0 Å². The minimum Gasteiger partial charge on any atom is -0.493 e. The number of rotatable bonds is 9. The number of likely N-dealkylation sites (N-methyl/N-ethyl adjacent to an activating group) is 1. The Morgan fingerprint density at radius 1 is 1.12 bits per heavy atom. The molecule has 2 amide bonds. The van der Waals surface area contributed by atoms with E-state index < -0.39 is 0 Å². The zero-order valence-electron chi connectivity index (χ0n) is 18.4. The normalized spacial score (nSPS) is 10.5. The van der Waals surface area contributed by atoms with Gasteiger partial charge < -0.3 is 19.7 Å². The molecule has 1 aromatic heterocycles.